The lowest BCUT2D eigenvalue weighted by atomic mass is 9.73. The lowest BCUT2D eigenvalue weighted by Crippen LogP contribution is -2.59. The second-order valence-electron chi connectivity index (χ2n) is 10.6. The van der Waals surface area contributed by atoms with Crippen molar-refractivity contribution in [3.63, 3.8) is 0 Å². The van der Waals surface area contributed by atoms with Crippen molar-refractivity contribution in [2.75, 3.05) is 11.9 Å². The van der Waals surface area contributed by atoms with Crippen LogP contribution >= 0.6 is 11.6 Å². The van der Waals surface area contributed by atoms with Crippen molar-refractivity contribution < 1.29 is 51.6 Å². The lowest BCUT2D eigenvalue weighted by Gasteiger charge is -2.46. The summed E-state index contributed by atoms with van der Waals surface area (Å²) in [7, 11) is -4.67. The number of benzene rings is 2. The Bertz CT molecular complexity index is 1450. The second kappa shape index (κ2) is 11.2. The highest BCUT2D eigenvalue weighted by atomic mass is 35.5. The number of sulfone groups is 1. The molecule has 2 bridgehead atoms. The van der Waals surface area contributed by atoms with Crippen molar-refractivity contribution in [2.45, 2.75) is 60.2 Å². The molecule has 2 aromatic carbocycles. The Morgan fingerprint density at radius 1 is 1.05 bits per heavy atom. The summed E-state index contributed by atoms with van der Waals surface area (Å²) in [6.45, 7) is 0.864. The summed E-state index contributed by atoms with van der Waals surface area (Å²) in [5.74, 6) is -8.31. The van der Waals surface area contributed by atoms with Crippen molar-refractivity contribution in [2.24, 2.45) is 11.8 Å². The van der Waals surface area contributed by atoms with Gasteiger partial charge in [0.05, 0.1) is 21.6 Å². The van der Waals surface area contributed by atoms with E-state index in [2.05, 4.69) is 10.6 Å². The zero-order valence-corrected chi connectivity index (χ0v) is 23.1. The van der Waals surface area contributed by atoms with E-state index < -0.39 is 97.1 Å². The first kappa shape index (κ1) is 31.2. The molecule has 2 amide bonds. The number of rotatable bonds is 8. The molecule has 2 aliphatic carbocycles. The van der Waals surface area contributed by atoms with Crippen LogP contribution in [-0.2, 0) is 14.6 Å². The van der Waals surface area contributed by atoms with Crippen LogP contribution in [0.15, 0.2) is 35.2 Å². The average Bonchev–Trinajstić information content (AvgIpc) is 3.06. The fraction of sp³-hybridized carbons (Fsp3) is 0.462. The van der Waals surface area contributed by atoms with Gasteiger partial charge in [-0.25, -0.2) is 21.6 Å². The van der Waals surface area contributed by atoms with Gasteiger partial charge in [0.1, 0.15) is 0 Å². The first-order valence-corrected chi connectivity index (χ1v) is 14.4. The van der Waals surface area contributed by atoms with Gasteiger partial charge in [-0.1, -0.05) is 11.6 Å². The van der Waals surface area contributed by atoms with Crippen LogP contribution in [0.1, 0.15) is 43.0 Å². The largest absolute Gasteiger partial charge is 0.390 e. The number of hydrogen-bond acceptors (Lipinski definition) is 8. The Morgan fingerprint density at radius 2 is 1.61 bits per heavy atom. The van der Waals surface area contributed by atoms with E-state index in [0.29, 0.717) is 25.0 Å². The Balaban J connectivity index is 1.56. The van der Waals surface area contributed by atoms with Crippen LogP contribution in [0.25, 0.3) is 0 Å². The summed E-state index contributed by atoms with van der Waals surface area (Å²) in [6, 6.07) is 4.21. The van der Waals surface area contributed by atoms with Gasteiger partial charge in [-0.15, -0.1) is 0 Å². The molecular formula is C26H28ClF3N2O8S. The molecule has 2 aliphatic rings. The number of carbonyl (C=O) groups is 2. The Hall–Kier alpha value is -2.75. The minimum Gasteiger partial charge on any atom is -0.390 e. The molecule has 0 spiro atoms. The minimum atomic E-state index is -4.67. The van der Waals surface area contributed by atoms with E-state index in [9.17, 15) is 51.6 Å². The van der Waals surface area contributed by atoms with Crippen LogP contribution < -0.4 is 10.6 Å². The highest BCUT2D eigenvalue weighted by Gasteiger charge is 2.61. The van der Waals surface area contributed by atoms with Gasteiger partial charge in [-0.05, 0) is 62.6 Å². The number of nitrogens with one attached hydrogen (secondary N) is 2. The highest BCUT2D eigenvalue weighted by Crippen LogP contribution is 2.55. The zero-order chi connectivity index (χ0) is 30.5. The van der Waals surface area contributed by atoms with Crippen LogP contribution in [0.2, 0.25) is 5.02 Å². The van der Waals surface area contributed by atoms with E-state index in [1.807, 2.05) is 0 Å². The molecule has 6 atom stereocenters. The maximum absolute atomic E-state index is 13.7. The van der Waals surface area contributed by atoms with Gasteiger partial charge in [-0.2, -0.15) is 0 Å². The molecule has 10 nitrogen and oxygen atoms in total. The van der Waals surface area contributed by atoms with Gasteiger partial charge in [0.2, 0.25) is 9.84 Å². The van der Waals surface area contributed by atoms with Gasteiger partial charge in [0.25, 0.3) is 11.8 Å². The van der Waals surface area contributed by atoms with E-state index >= 15 is 0 Å². The summed E-state index contributed by atoms with van der Waals surface area (Å²) in [5.41, 5.74) is -2.32. The predicted molar refractivity (Wildman–Crippen MR) is 139 cm³/mol. The molecule has 2 saturated carbocycles. The van der Waals surface area contributed by atoms with E-state index in [4.69, 9.17) is 11.6 Å². The van der Waals surface area contributed by atoms with Crippen LogP contribution in [0.3, 0.4) is 0 Å². The van der Waals surface area contributed by atoms with Crippen molar-refractivity contribution in [3.05, 3.63) is 58.4 Å². The molecule has 15 heteroatoms. The van der Waals surface area contributed by atoms with Crippen molar-refractivity contribution in [3.8, 4) is 0 Å². The van der Waals surface area contributed by atoms with Crippen LogP contribution in [0.5, 0.6) is 0 Å². The fourth-order valence-corrected chi connectivity index (χ4v) is 7.87. The summed E-state index contributed by atoms with van der Waals surface area (Å²) < 4.78 is 67.8. The Labute approximate surface area is 238 Å². The van der Waals surface area contributed by atoms with Gasteiger partial charge in [0.15, 0.2) is 28.5 Å². The van der Waals surface area contributed by atoms with Gasteiger partial charge in [-0.3, -0.25) is 9.59 Å². The first-order chi connectivity index (χ1) is 19.0. The van der Waals surface area contributed by atoms with Gasteiger partial charge in [0, 0.05) is 29.9 Å². The topological polar surface area (TPSA) is 173 Å². The number of aliphatic hydroxyl groups is 4. The number of carbonyl (C=O) groups excluding carboxylic acids is 2. The number of aliphatic hydroxyl groups excluding tert-OH is 2. The molecule has 0 radical (unpaired) electrons. The SMILES string of the molecule is C[C@@H](O)[C@H](O)C(=O)NCC1(O)C2CC[C@H]1CC(O)(S(=O)(=O)c1cc(C(=O)Nc3cc(F)c(F)c(F)c3)ccc1Cl)C2. The molecule has 224 valence electrons. The molecular weight excluding hydrogens is 593 g/mol. The van der Waals surface area contributed by atoms with Gasteiger partial charge < -0.3 is 31.1 Å². The molecule has 0 heterocycles. The van der Waals surface area contributed by atoms with Crippen molar-refractivity contribution in [1.82, 2.24) is 5.32 Å². The van der Waals surface area contributed by atoms with E-state index in [1.54, 1.807) is 0 Å². The maximum Gasteiger partial charge on any atom is 0.255 e. The normalized spacial score (nSPS) is 27.2. The number of halogens is 4. The van der Waals surface area contributed by atoms with Crippen molar-refractivity contribution >= 4 is 38.9 Å². The summed E-state index contributed by atoms with van der Waals surface area (Å²) in [4.78, 5) is 21.8. The predicted octanol–water partition coefficient (Wildman–Crippen LogP) is 1.88. The standard InChI is InChI=1S/C26H28ClF3N2O8S/c1-12(33)22(34)24(36)31-11-26(38)14-3-4-15(26)10-25(37,9-14)41(39,40)20-6-13(2-5-17(20)27)23(35)32-16-7-18(28)21(30)19(29)8-16/h2,5-8,12,14-15,22,33-34,37-38H,3-4,9-11H2,1H3,(H,31,36)(H,32,35)/t12-,14+,15?,22+,25?,26?/m1/s1. The summed E-state index contributed by atoms with van der Waals surface area (Å²) in [6.07, 6.45) is -3.30. The number of fused-ring (bicyclic) bond motifs is 2. The quantitative estimate of drug-likeness (QED) is 0.243. The molecule has 2 aromatic rings. The fourth-order valence-electron chi connectivity index (χ4n) is 5.59. The second-order valence-corrected chi connectivity index (χ2v) is 13.2. The molecule has 3 unspecified atom stereocenters. The number of anilines is 1. The molecule has 0 aliphatic heterocycles. The first-order valence-electron chi connectivity index (χ1n) is 12.6. The van der Waals surface area contributed by atoms with Gasteiger partial charge >= 0.3 is 0 Å². The molecule has 41 heavy (non-hydrogen) atoms. The third-order valence-corrected chi connectivity index (χ3v) is 10.6. The minimum absolute atomic E-state index is 0.295. The zero-order valence-electron chi connectivity index (χ0n) is 21.6. The van der Waals surface area contributed by atoms with Crippen LogP contribution in [-0.4, -0.2) is 69.9 Å². The smallest absolute Gasteiger partial charge is 0.255 e. The highest BCUT2D eigenvalue weighted by molar-refractivity contribution is 7.92. The monoisotopic (exact) mass is 620 g/mol. The third kappa shape index (κ3) is 5.68. The van der Waals surface area contributed by atoms with E-state index in [-0.39, 0.29) is 17.1 Å². The lowest BCUT2D eigenvalue weighted by molar-refractivity contribution is -0.139. The van der Waals surface area contributed by atoms with Crippen LogP contribution in [0, 0.1) is 29.3 Å². The van der Waals surface area contributed by atoms with Crippen molar-refractivity contribution in [1.29, 1.82) is 0 Å². The Kier molecular flexibility index (Phi) is 8.48. The molecule has 0 saturated heterocycles. The molecule has 2 fully saturated rings. The van der Waals surface area contributed by atoms with E-state index in [1.165, 1.54) is 6.92 Å². The van der Waals surface area contributed by atoms with E-state index in [0.717, 1.165) is 18.2 Å². The maximum atomic E-state index is 13.7. The summed E-state index contributed by atoms with van der Waals surface area (Å²) in [5, 5.41) is 46.1. The molecule has 4 rings (SSSR count). The summed E-state index contributed by atoms with van der Waals surface area (Å²) >= 11 is 6.17. The third-order valence-electron chi connectivity index (χ3n) is 7.90. The number of amides is 2. The average molecular weight is 621 g/mol. The molecule has 6 N–H and O–H groups in total. The molecule has 0 aromatic heterocycles. The number of hydrogen-bond donors (Lipinski definition) is 6. The van der Waals surface area contributed by atoms with Crippen LogP contribution in [0.4, 0.5) is 18.9 Å². The Morgan fingerprint density at radius 3 is 2.15 bits per heavy atom.